The summed E-state index contributed by atoms with van der Waals surface area (Å²) in [6.07, 6.45) is 5.28. The van der Waals surface area contributed by atoms with E-state index in [0.29, 0.717) is 12.2 Å². The van der Waals surface area contributed by atoms with E-state index in [0.717, 1.165) is 42.9 Å². The van der Waals surface area contributed by atoms with Crippen LogP contribution >= 0.6 is 0 Å². The molecule has 12 heteroatoms. The Labute approximate surface area is 325 Å². The van der Waals surface area contributed by atoms with Gasteiger partial charge in [0, 0.05) is 36.1 Å². The summed E-state index contributed by atoms with van der Waals surface area (Å²) >= 11 is 0. The number of fused-ring (bicyclic) bond motifs is 1. The lowest BCUT2D eigenvalue weighted by molar-refractivity contribution is -0.129. The molecule has 1 aliphatic carbocycles. The smallest absolute Gasteiger partial charge is 0.237 e. The molecule has 7 atom stereocenters. The molecule has 0 saturated heterocycles. The van der Waals surface area contributed by atoms with Gasteiger partial charge in [-0.3, -0.25) is 24.2 Å². The number of aliphatic hydroxyl groups excluding tert-OH is 2. The Kier molecular flexibility index (Phi) is 16.0. The van der Waals surface area contributed by atoms with Crippen LogP contribution in [0.3, 0.4) is 0 Å². The number of pyridine rings is 1. The molecule has 0 radical (unpaired) electrons. The largest absolute Gasteiger partial charge is 0.454 e. The molecule has 4 rings (SSSR count). The predicted molar refractivity (Wildman–Crippen MR) is 214 cm³/mol. The number of amides is 1. The molecule has 3 aromatic rings. The molecule has 1 aliphatic rings. The van der Waals surface area contributed by atoms with Gasteiger partial charge in [-0.05, 0) is 61.8 Å². The molecule has 1 amide bonds. The van der Waals surface area contributed by atoms with Gasteiger partial charge in [0.1, 0.15) is 11.4 Å². The van der Waals surface area contributed by atoms with Gasteiger partial charge >= 0.3 is 0 Å². The number of carbonyl (C=O) groups excluding carboxylic acids is 4. The summed E-state index contributed by atoms with van der Waals surface area (Å²) in [4.78, 5) is 59.6. The number of aromatic nitrogens is 1. The van der Waals surface area contributed by atoms with Gasteiger partial charge in [-0.2, -0.15) is 0 Å². The number of ketones is 3. The average Bonchev–Trinajstić information content (AvgIpc) is 3.18. The standard InChI is InChI=1S/C43H61N5O7/c1-6-25(4)38(45)43(54)48-23-33-42(55-35-18-12-16-27-13-10-11-17-29(27)35)36(26(5)50)31(22-47-33)40(52)30(24(2)3)21-34(51)39(46)37(28-14-8-7-9-15-28)41(53)32(44)19-20-49/h10-13,16-18,22,24-25,28,30,32,34,37-39,49,51H,6-9,14-15,19-21,23,44-46H2,1-5H3,(H,48,54)/t25-,30?,32-,34?,37?,38-,39?/m0/s1. The van der Waals surface area contributed by atoms with Gasteiger partial charge in [0.2, 0.25) is 5.91 Å². The second-order valence-corrected chi connectivity index (χ2v) is 15.6. The van der Waals surface area contributed by atoms with E-state index in [1.807, 2.05) is 64.1 Å². The highest BCUT2D eigenvalue weighted by Gasteiger charge is 2.41. The lowest BCUT2D eigenvalue weighted by atomic mass is 9.70. The lowest BCUT2D eigenvalue weighted by Gasteiger charge is -2.37. The van der Waals surface area contributed by atoms with Crippen molar-refractivity contribution in [1.82, 2.24) is 10.3 Å². The number of nitrogens with two attached hydrogens (primary N) is 3. The van der Waals surface area contributed by atoms with Gasteiger partial charge in [0.05, 0.1) is 35.9 Å². The first-order valence-electron chi connectivity index (χ1n) is 19.8. The van der Waals surface area contributed by atoms with Crippen molar-refractivity contribution >= 4 is 34.0 Å². The molecule has 1 saturated carbocycles. The van der Waals surface area contributed by atoms with E-state index in [1.54, 1.807) is 6.07 Å². The minimum Gasteiger partial charge on any atom is -0.454 e. The molecule has 55 heavy (non-hydrogen) atoms. The number of hydrogen-bond acceptors (Lipinski definition) is 11. The highest BCUT2D eigenvalue weighted by Crippen LogP contribution is 2.38. The quantitative estimate of drug-likeness (QED) is 0.0819. The monoisotopic (exact) mass is 759 g/mol. The number of carbonyl (C=O) groups is 4. The first kappa shape index (κ1) is 43.7. The summed E-state index contributed by atoms with van der Waals surface area (Å²) in [7, 11) is 0. The summed E-state index contributed by atoms with van der Waals surface area (Å²) in [5, 5.41) is 25.7. The van der Waals surface area contributed by atoms with Crippen LogP contribution in [0.15, 0.2) is 48.7 Å². The van der Waals surface area contributed by atoms with Gasteiger partial charge in [-0.15, -0.1) is 0 Å². The molecule has 1 fully saturated rings. The van der Waals surface area contributed by atoms with Gasteiger partial charge in [-0.1, -0.05) is 89.8 Å². The highest BCUT2D eigenvalue weighted by molar-refractivity contribution is 6.10. The molecular formula is C43H61N5O7. The van der Waals surface area contributed by atoms with Crippen LogP contribution < -0.4 is 27.3 Å². The summed E-state index contributed by atoms with van der Waals surface area (Å²) in [5.74, 6) is -3.11. The average molecular weight is 760 g/mol. The molecule has 300 valence electrons. The van der Waals surface area contributed by atoms with Crippen molar-refractivity contribution in [3.05, 3.63) is 65.5 Å². The maximum Gasteiger partial charge on any atom is 0.237 e. The summed E-state index contributed by atoms with van der Waals surface area (Å²) in [6.45, 7) is 8.51. The van der Waals surface area contributed by atoms with Crippen LogP contribution in [0.1, 0.15) is 112 Å². The molecule has 9 N–H and O–H groups in total. The molecule has 1 heterocycles. The molecular weight excluding hydrogens is 699 g/mol. The minimum absolute atomic E-state index is 0.00177. The maximum atomic E-state index is 14.7. The summed E-state index contributed by atoms with van der Waals surface area (Å²) in [6, 6.07) is 10.4. The van der Waals surface area contributed by atoms with Gasteiger partial charge in [0.15, 0.2) is 23.1 Å². The Morgan fingerprint density at radius 1 is 0.982 bits per heavy atom. The first-order chi connectivity index (χ1) is 26.2. The van der Waals surface area contributed by atoms with E-state index < -0.39 is 47.6 Å². The summed E-state index contributed by atoms with van der Waals surface area (Å²) < 4.78 is 6.54. The van der Waals surface area contributed by atoms with E-state index in [-0.39, 0.29) is 78.0 Å². The fourth-order valence-corrected chi connectivity index (χ4v) is 7.80. The van der Waals surface area contributed by atoms with Crippen molar-refractivity contribution in [2.45, 2.75) is 117 Å². The van der Waals surface area contributed by atoms with Crippen LogP contribution in [0.5, 0.6) is 11.5 Å². The minimum atomic E-state index is -1.25. The van der Waals surface area contributed by atoms with Gasteiger partial charge < -0.3 is 37.5 Å². The third kappa shape index (κ3) is 10.6. The van der Waals surface area contributed by atoms with E-state index in [9.17, 15) is 29.4 Å². The molecule has 2 aromatic carbocycles. The van der Waals surface area contributed by atoms with Crippen LogP contribution in [-0.2, 0) is 16.1 Å². The number of benzene rings is 2. The number of nitrogens with one attached hydrogen (secondary N) is 1. The third-order valence-electron chi connectivity index (χ3n) is 11.5. The zero-order valence-electron chi connectivity index (χ0n) is 33.0. The Balaban J connectivity index is 1.74. The van der Waals surface area contributed by atoms with Crippen LogP contribution in [0.2, 0.25) is 0 Å². The lowest BCUT2D eigenvalue weighted by Crippen LogP contribution is -2.53. The van der Waals surface area contributed by atoms with Crippen molar-refractivity contribution < 1.29 is 34.1 Å². The number of Topliss-reactive ketones (excluding diaryl/α,β-unsaturated/α-hetero) is 3. The van der Waals surface area contributed by atoms with Gasteiger partial charge in [0.25, 0.3) is 0 Å². The number of nitrogens with zero attached hydrogens (tertiary/aromatic N) is 1. The van der Waals surface area contributed by atoms with Crippen molar-refractivity contribution in [3.8, 4) is 11.5 Å². The molecule has 0 spiro atoms. The Morgan fingerprint density at radius 2 is 1.65 bits per heavy atom. The Morgan fingerprint density at radius 3 is 2.29 bits per heavy atom. The van der Waals surface area contributed by atoms with Crippen molar-refractivity contribution in [1.29, 1.82) is 0 Å². The Bertz CT molecular complexity index is 1790. The summed E-state index contributed by atoms with van der Waals surface area (Å²) in [5.41, 5.74) is 19.4. The van der Waals surface area contributed by atoms with E-state index >= 15 is 0 Å². The van der Waals surface area contributed by atoms with Gasteiger partial charge in [-0.25, -0.2) is 0 Å². The number of ether oxygens (including phenoxy) is 1. The number of rotatable bonds is 20. The second-order valence-electron chi connectivity index (χ2n) is 15.6. The first-order valence-corrected chi connectivity index (χ1v) is 19.8. The van der Waals surface area contributed by atoms with Crippen LogP contribution in [0.4, 0.5) is 0 Å². The zero-order chi connectivity index (χ0) is 40.4. The zero-order valence-corrected chi connectivity index (χ0v) is 33.0. The maximum absolute atomic E-state index is 14.7. The second kappa shape index (κ2) is 20.2. The van der Waals surface area contributed by atoms with Crippen LogP contribution in [0.25, 0.3) is 10.8 Å². The van der Waals surface area contributed by atoms with Crippen molar-refractivity contribution in [3.63, 3.8) is 0 Å². The molecule has 1 aromatic heterocycles. The fraction of sp³-hybridized carbons (Fsp3) is 0.558. The van der Waals surface area contributed by atoms with Crippen molar-refractivity contribution in [2.75, 3.05) is 6.61 Å². The topological polar surface area (TPSA) is 221 Å². The molecule has 4 unspecified atom stereocenters. The van der Waals surface area contributed by atoms with E-state index in [4.69, 9.17) is 21.9 Å². The normalized spacial score (nSPS) is 17.5. The number of aliphatic hydroxyl groups is 2. The SMILES string of the molecule is CC[C@H](C)[C@H](N)C(=O)NCc1ncc(C(=O)C(CC(O)C(N)C(C(=O)[C@@H](N)CCO)C2CCCCC2)C(C)C)c(C(C)=O)c1Oc1cccc2ccccc12. The highest BCUT2D eigenvalue weighted by atomic mass is 16.5. The van der Waals surface area contributed by atoms with E-state index in [2.05, 4.69) is 10.3 Å². The fourth-order valence-electron chi connectivity index (χ4n) is 7.80. The predicted octanol–water partition coefficient (Wildman–Crippen LogP) is 5.23. The molecule has 0 bridgehead atoms. The number of hydrogen-bond donors (Lipinski definition) is 6. The van der Waals surface area contributed by atoms with Crippen LogP contribution in [-0.4, -0.2) is 69.3 Å². The molecule has 0 aliphatic heterocycles. The molecule has 12 nitrogen and oxygen atoms in total. The third-order valence-corrected chi connectivity index (χ3v) is 11.5. The van der Waals surface area contributed by atoms with Crippen LogP contribution in [0, 0.1) is 29.6 Å². The van der Waals surface area contributed by atoms with E-state index in [1.165, 1.54) is 13.1 Å². The Hall–Kier alpha value is -4.07. The van der Waals surface area contributed by atoms with Crippen molar-refractivity contribution in [2.24, 2.45) is 46.8 Å².